The van der Waals surface area contributed by atoms with Crippen LogP contribution < -0.4 is 0 Å². The molecule has 0 bridgehead atoms. The summed E-state index contributed by atoms with van der Waals surface area (Å²) in [7, 11) is 0. The maximum absolute atomic E-state index is 9.03. The zero-order valence-corrected chi connectivity index (χ0v) is 21.5. The third kappa shape index (κ3) is 5.16. The maximum atomic E-state index is 9.03. The van der Waals surface area contributed by atoms with Crippen LogP contribution in [0.5, 0.6) is 0 Å². The first-order chi connectivity index (χ1) is 17.3. The van der Waals surface area contributed by atoms with Crippen LogP contribution in [-0.2, 0) is 33.1 Å². The summed E-state index contributed by atoms with van der Waals surface area (Å²) >= 11 is 0. The Morgan fingerprint density at radius 1 is 0.944 bits per heavy atom. The number of nitriles is 1. The Hall–Kier alpha value is -4.35. The van der Waals surface area contributed by atoms with E-state index in [9.17, 15) is 0 Å². The van der Waals surface area contributed by atoms with Crippen molar-refractivity contribution in [3.63, 3.8) is 0 Å². The number of nitrogens with zero attached hydrogens (tertiary/aromatic N) is 5. The molecule has 0 saturated carbocycles. The Morgan fingerprint density at radius 3 is 2.61 bits per heavy atom. The molecular formula is C30H19IrN5-2. The van der Waals surface area contributed by atoms with Crippen molar-refractivity contribution in [2.45, 2.75) is 13.0 Å². The average molecular weight is 642 g/mol. The van der Waals surface area contributed by atoms with E-state index in [1.807, 2.05) is 73.1 Å². The number of pyridine rings is 1. The second kappa shape index (κ2) is 11.4. The molecule has 0 spiro atoms. The van der Waals surface area contributed by atoms with E-state index < -0.39 is 0 Å². The molecule has 5 nitrogen and oxygen atoms in total. The van der Waals surface area contributed by atoms with Gasteiger partial charge in [-0.25, -0.2) is 5.26 Å². The molecule has 6 rings (SSSR count). The molecule has 0 saturated heterocycles. The fourth-order valence-electron chi connectivity index (χ4n) is 4.06. The van der Waals surface area contributed by atoms with E-state index in [4.69, 9.17) is 11.8 Å². The summed E-state index contributed by atoms with van der Waals surface area (Å²) in [5.41, 5.74) is 6.66. The van der Waals surface area contributed by atoms with Gasteiger partial charge in [0.25, 0.3) is 5.69 Å². The topological polar surface area (TPSA) is 58.9 Å². The molecule has 0 N–H and O–H groups in total. The number of hydrogen-bond acceptors (Lipinski definition) is 3. The summed E-state index contributed by atoms with van der Waals surface area (Å²) in [6.45, 7) is 8.32. The molecule has 0 amide bonds. The molecule has 36 heavy (non-hydrogen) atoms. The van der Waals surface area contributed by atoms with Crippen molar-refractivity contribution in [1.29, 1.82) is 5.26 Å². The van der Waals surface area contributed by atoms with Crippen molar-refractivity contribution in [1.82, 2.24) is 14.5 Å². The molecule has 175 valence electrons. The van der Waals surface area contributed by atoms with Crippen LogP contribution >= 0.6 is 0 Å². The first kappa shape index (κ1) is 24.8. The summed E-state index contributed by atoms with van der Waals surface area (Å²) < 4.78 is 2.18. The van der Waals surface area contributed by atoms with E-state index >= 15 is 0 Å². The molecule has 5 aromatic rings. The largest absolute Gasteiger partial charge is 0.371 e. The minimum Gasteiger partial charge on any atom is -0.371 e. The molecule has 1 aliphatic rings. The fourth-order valence-corrected chi connectivity index (χ4v) is 4.06. The van der Waals surface area contributed by atoms with Gasteiger partial charge in [0.15, 0.2) is 0 Å². The van der Waals surface area contributed by atoms with Crippen LogP contribution in [-0.4, -0.2) is 14.5 Å². The van der Waals surface area contributed by atoms with E-state index in [1.54, 1.807) is 18.3 Å². The zero-order chi connectivity index (χ0) is 24.0. The standard InChI is InChI=1S/C19H10N3.C11H9N2.Ir/c1-21-18-8-7-14(13-20)11-17(18)19-12-16(9-10-22-19)15-5-3-2-4-6-15;1-2-4-10-9(3-1)5-7-13-8-6-12-11(10)13;/h2-10,12H;1-3,6,8H,5,7H2;/q2*-1;. The smallest absolute Gasteiger partial charge is 0.253 e. The molecule has 0 atom stereocenters. The van der Waals surface area contributed by atoms with Crippen LogP contribution in [0, 0.1) is 30.0 Å². The summed E-state index contributed by atoms with van der Waals surface area (Å²) in [5, 5.41) is 9.03. The van der Waals surface area contributed by atoms with Gasteiger partial charge in [0.05, 0.1) is 5.82 Å². The Morgan fingerprint density at radius 2 is 1.81 bits per heavy atom. The van der Waals surface area contributed by atoms with Crippen LogP contribution in [0.1, 0.15) is 11.1 Å². The predicted octanol–water partition coefficient (Wildman–Crippen LogP) is 6.54. The van der Waals surface area contributed by atoms with Crippen molar-refractivity contribution in [3.8, 4) is 39.8 Å². The first-order valence-electron chi connectivity index (χ1n) is 11.1. The second-order valence-corrected chi connectivity index (χ2v) is 7.92. The van der Waals surface area contributed by atoms with Crippen molar-refractivity contribution in [2.24, 2.45) is 0 Å². The summed E-state index contributed by atoms with van der Waals surface area (Å²) in [4.78, 5) is 12.2. The number of fused-ring (bicyclic) bond motifs is 3. The molecule has 2 aromatic heterocycles. The first-order valence-corrected chi connectivity index (χ1v) is 11.1. The number of hydrogen-bond donors (Lipinski definition) is 0. The SMILES string of the molecule is [C-]#[N+]c1ccc(C#N)[c-]c1-c1cc(-c2ccccc2)ccn1.[Ir].[c-]1cccc2c1-c1nccn1CC2. The third-order valence-corrected chi connectivity index (χ3v) is 5.79. The minimum absolute atomic E-state index is 0. The maximum Gasteiger partial charge on any atom is 0.253 e. The predicted molar refractivity (Wildman–Crippen MR) is 135 cm³/mol. The molecular weight excluding hydrogens is 623 g/mol. The van der Waals surface area contributed by atoms with Crippen molar-refractivity contribution in [2.75, 3.05) is 0 Å². The molecule has 3 heterocycles. The minimum atomic E-state index is 0. The van der Waals surface area contributed by atoms with E-state index in [-0.39, 0.29) is 20.1 Å². The summed E-state index contributed by atoms with van der Waals surface area (Å²) in [6.07, 6.45) is 6.68. The summed E-state index contributed by atoms with van der Waals surface area (Å²) in [6, 6.07) is 31.4. The van der Waals surface area contributed by atoms with Crippen LogP contribution in [0.15, 0.2) is 91.4 Å². The quantitative estimate of drug-likeness (QED) is 0.206. The van der Waals surface area contributed by atoms with Gasteiger partial charge < -0.3 is 4.57 Å². The normalized spacial score (nSPS) is 10.8. The van der Waals surface area contributed by atoms with Gasteiger partial charge in [0.2, 0.25) is 0 Å². The Labute approximate surface area is 223 Å². The molecule has 0 fully saturated rings. The third-order valence-electron chi connectivity index (χ3n) is 5.79. The van der Waals surface area contributed by atoms with Gasteiger partial charge in [-0.05, 0) is 41.3 Å². The van der Waals surface area contributed by atoms with Gasteiger partial charge in [-0.1, -0.05) is 48.0 Å². The molecule has 1 aliphatic heterocycles. The molecule has 6 heteroatoms. The monoisotopic (exact) mass is 642 g/mol. The van der Waals surface area contributed by atoms with Crippen LogP contribution in [0.2, 0.25) is 0 Å². The van der Waals surface area contributed by atoms with E-state index in [0.717, 1.165) is 29.9 Å². The number of aryl methyl sites for hydroxylation is 2. The Bertz CT molecular complexity index is 1580. The summed E-state index contributed by atoms with van der Waals surface area (Å²) in [5.74, 6) is 1.06. The number of benzene rings is 3. The fraction of sp³-hybridized carbons (Fsp3) is 0.0667. The van der Waals surface area contributed by atoms with Crippen LogP contribution in [0.3, 0.4) is 0 Å². The Kier molecular flexibility index (Phi) is 7.83. The second-order valence-electron chi connectivity index (χ2n) is 7.92. The van der Waals surface area contributed by atoms with Gasteiger partial charge in [-0.15, -0.1) is 41.5 Å². The number of imidazole rings is 1. The Balaban J connectivity index is 0.000000185. The van der Waals surface area contributed by atoms with Gasteiger partial charge in [0, 0.05) is 50.9 Å². The molecule has 1 radical (unpaired) electrons. The van der Waals surface area contributed by atoms with Crippen LogP contribution in [0.4, 0.5) is 5.69 Å². The number of aromatic nitrogens is 3. The average Bonchev–Trinajstić information content (AvgIpc) is 3.43. The van der Waals surface area contributed by atoms with Crippen molar-refractivity contribution in [3.05, 3.63) is 126 Å². The number of rotatable bonds is 2. The van der Waals surface area contributed by atoms with Gasteiger partial charge in [0.1, 0.15) is 6.57 Å². The van der Waals surface area contributed by atoms with E-state index in [2.05, 4.69) is 37.6 Å². The van der Waals surface area contributed by atoms with Gasteiger partial charge >= 0.3 is 0 Å². The van der Waals surface area contributed by atoms with Gasteiger partial charge in [-0.3, -0.25) is 9.97 Å². The van der Waals surface area contributed by atoms with Gasteiger partial charge in [-0.2, -0.15) is 4.85 Å². The van der Waals surface area contributed by atoms with Crippen molar-refractivity contribution < 1.29 is 20.1 Å². The van der Waals surface area contributed by atoms with E-state index in [1.165, 1.54) is 11.1 Å². The molecule has 0 aliphatic carbocycles. The van der Waals surface area contributed by atoms with Crippen LogP contribution in [0.25, 0.3) is 38.6 Å². The molecule has 0 unspecified atom stereocenters. The molecule has 3 aromatic carbocycles. The van der Waals surface area contributed by atoms with E-state index in [0.29, 0.717) is 22.5 Å². The zero-order valence-electron chi connectivity index (χ0n) is 19.1. The van der Waals surface area contributed by atoms with Crippen molar-refractivity contribution >= 4 is 5.69 Å².